The molecular formula is C7H4NO2S-. The third-order valence-electron chi connectivity index (χ3n) is 1.46. The van der Waals surface area contributed by atoms with Gasteiger partial charge in [0.05, 0.1) is 11.7 Å². The first-order chi connectivity index (χ1) is 5.27. The molecule has 0 aliphatic rings. The average molecular weight is 166 g/mol. The van der Waals surface area contributed by atoms with Crippen molar-refractivity contribution in [2.24, 2.45) is 0 Å². The number of carbonyl (C=O) groups excluding carboxylic acids is 1. The van der Waals surface area contributed by atoms with Gasteiger partial charge in [-0.05, 0) is 17.5 Å². The lowest BCUT2D eigenvalue weighted by Crippen LogP contribution is -2.22. The second-order valence-corrected chi connectivity index (χ2v) is 3.09. The number of aromatic carboxylic acids is 1. The number of aromatic amines is 1. The van der Waals surface area contributed by atoms with Crippen molar-refractivity contribution in [3.63, 3.8) is 0 Å². The molecule has 0 saturated carbocycles. The summed E-state index contributed by atoms with van der Waals surface area (Å²) in [5, 5.41) is 13.2. The van der Waals surface area contributed by atoms with Crippen molar-refractivity contribution in [3.05, 3.63) is 23.2 Å². The number of rotatable bonds is 1. The zero-order chi connectivity index (χ0) is 7.84. The molecule has 1 N–H and O–H groups in total. The fourth-order valence-corrected chi connectivity index (χ4v) is 1.74. The summed E-state index contributed by atoms with van der Waals surface area (Å²) in [5.41, 5.74) is 0.145. The Bertz CT molecular complexity index is 373. The average Bonchev–Trinajstić information content (AvgIpc) is 2.40. The Kier molecular flexibility index (Phi) is 1.22. The van der Waals surface area contributed by atoms with Crippen LogP contribution in [0, 0.1) is 0 Å². The van der Waals surface area contributed by atoms with Crippen LogP contribution in [-0.4, -0.2) is 11.0 Å². The van der Waals surface area contributed by atoms with Gasteiger partial charge in [-0.25, -0.2) is 0 Å². The van der Waals surface area contributed by atoms with Crippen LogP contribution in [0.15, 0.2) is 17.5 Å². The van der Waals surface area contributed by atoms with Crippen LogP contribution >= 0.6 is 11.3 Å². The molecule has 0 radical (unpaired) electrons. The number of carbonyl (C=O) groups is 1. The molecule has 0 saturated heterocycles. The smallest absolute Gasteiger partial charge is 0.100 e. The van der Waals surface area contributed by atoms with Gasteiger partial charge >= 0.3 is 0 Å². The zero-order valence-electron chi connectivity index (χ0n) is 5.46. The van der Waals surface area contributed by atoms with Crippen LogP contribution in [0.5, 0.6) is 0 Å². The quantitative estimate of drug-likeness (QED) is 0.674. The molecule has 2 rings (SSSR count). The van der Waals surface area contributed by atoms with Gasteiger partial charge in [0.2, 0.25) is 0 Å². The van der Waals surface area contributed by atoms with Gasteiger partial charge in [0.25, 0.3) is 0 Å². The molecular weight excluding hydrogens is 162 g/mol. The summed E-state index contributed by atoms with van der Waals surface area (Å²) in [6, 6.07) is 3.43. The predicted octanol–water partition coefficient (Wildman–Crippen LogP) is 0.593. The molecule has 0 aromatic carbocycles. The highest BCUT2D eigenvalue weighted by Gasteiger charge is 2.00. The van der Waals surface area contributed by atoms with E-state index < -0.39 is 5.97 Å². The van der Waals surface area contributed by atoms with E-state index in [-0.39, 0.29) is 5.69 Å². The van der Waals surface area contributed by atoms with Gasteiger partial charge in [-0.3, -0.25) is 0 Å². The minimum absolute atomic E-state index is 0.145. The van der Waals surface area contributed by atoms with Crippen LogP contribution in [0.4, 0.5) is 0 Å². The van der Waals surface area contributed by atoms with E-state index >= 15 is 0 Å². The number of aromatic nitrogens is 1. The molecule has 3 nitrogen and oxygen atoms in total. The van der Waals surface area contributed by atoms with E-state index in [0.29, 0.717) is 0 Å². The van der Waals surface area contributed by atoms with Gasteiger partial charge in [0, 0.05) is 5.39 Å². The Hall–Kier alpha value is -1.29. The van der Waals surface area contributed by atoms with E-state index in [9.17, 15) is 9.90 Å². The molecule has 0 spiro atoms. The molecule has 2 aromatic rings. The third kappa shape index (κ3) is 0.914. The first-order valence-corrected chi connectivity index (χ1v) is 3.93. The van der Waals surface area contributed by atoms with Crippen LogP contribution in [0.3, 0.4) is 0 Å². The normalized spacial score (nSPS) is 10.5. The predicted molar refractivity (Wildman–Crippen MR) is 40.5 cm³/mol. The van der Waals surface area contributed by atoms with Crippen LogP contribution < -0.4 is 5.11 Å². The lowest BCUT2D eigenvalue weighted by molar-refractivity contribution is -0.255. The van der Waals surface area contributed by atoms with Gasteiger partial charge < -0.3 is 14.9 Å². The van der Waals surface area contributed by atoms with E-state index in [0.717, 1.165) is 10.2 Å². The second-order valence-electron chi connectivity index (χ2n) is 2.18. The lowest BCUT2D eigenvalue weighted by atomic mass is 10.4. The monoisotopic (exact) mass is 166 g/mol. The molecule has 0 unspecified atom stereocenters. The molecule has 0 fully saturated rings. The van der Waals surface area contributed by atoms with E-state index in [2.05, 4.69) is 4.98 Å². The molecule has 0 bridgehead atoms. The number of hydrogen-bond donors (Lipinski definition) is 1. The standard InChI is InChI=1S/C7H5NO2S/c9-7(10)5-3-4-1-2-11-6(4)8-5/h1-3,8H,(H,9,10)/p-1. The fraction of sp³-hybridized carbons (Fsp3) is 0. The fourth-order valence-electron chi connectivity index (χ4n) is 0.958. The van der Waals surface area contributed by atoms with Gasteiger partial charge in [-0.2, -0.15) is 0 Å². The first-order valence-electron chi connectivity index (χ1n) is 3.05. The molecule has 0 aliphatic carbocycles. The maximum atomic E-state index is 10.3. The molecule has 2 aromatic heterocycles. The molecule has 2 heterocycles. The number of carboxylic acids is 1. The van der Waals surface area contributed by atoms with Crippen molar-refractivity contribution in [2.45, 2.75) is 0 Å². The molecule has 56 valence electrons. The van der Waals surface area contributed by atoms with Gasteiger partial charge in [-0.1, -0.05) is 0 Å². The maximum Gasteiger partial charge on any atom is 0.100 e. The number of hydrogen-bond acceptors (Lipinski definition) is 3. The van der Waals surface area contributed by atoms with E-state index in [1.165, 1.54) is 11.3 Å². The summed E-state index contributed by atoms with van der Waals surface area (Å²) < 4.78 is 0. The van der Waals surface area contributed by atoms with Crippen molar-refractivity contribution in [3.8, 4) is 0 Å². The van der Waals surface area contributed by atoms with Gasteiger partial charge in [-0.15, -0.1) is 11.3 Å². The summed E-state index contributed by atoms with van der Waals surface area (Å²) in [6.07, 6.45) is 0. The van der Waals surface area contributed by atoms with E-state index in [1.54, 1.807) is 6.07 Å². The highest BCUT2D eigenvalue weighted by molar-refractivity contribution is 7.16. The molecule has 4 heteroatoms. The number of H-pyrrole nitrogens is 1. The minimum atomic E-state index is -1.16. The molecule has 0 amide bonds. The van der Waals surface area contributed by atoms with Crippen molar-refractivity contribution >= 4 is 27.5 Å². The Morgan fingerprint density at radius 1 is 1.64 bits per heavy atom. The Morgan fingerprint density at radius 2 is 2.45 bits per heavy atom. The highest BCUT2D eigenvalue weighted by atomic mass is 32.1. The van der Waals surface area contributed by atoms with Crippen LogP contribution in [0.1, 0.15) is 10.5 Å². The minimum Gasteiger partial charge on any atom is -0.543 e. The highest BCUT2D eigenvalue weighted by Crippen LogP contribution is 2.20. The summed E-state index contributed by atoms with van der Waals surface area (Å²) >= 11 is 1.48. The van der Waals surface area contributed by atoms with E-state index in [1.807, 2.05) is 11.4 Å². The topological polar surface area (TPSA) is 55.9 Å². The number of thiophene rings is 1. The van der Waals surface area contributed by atoms with Gasteiger partial charge in [0.1, 0.15) is 4.83 Å². The molecule has 0 aliphatic heterocycles. The third-order valence-corrected chi connectivity index (χ3v) is 2.31. The maximum absolute atomic E-state index is 10.3. The zero-order valence-corrected chi connectivity index (χ0v) is 6.27. The van der Waals surface area contributed by atoms with Crippen LogP contribution in [0.2, 0.25) is 0 Å². The van der Waals surface area contributed by atoms with Crippen molar-refractivity contribution < 1.29 is 9.90 Å². The summed E-state index contributed by atoms with van der Waals surface area (Å²) in [7, 11) is 0. The van der Waals surface area contributed by atoms with Crippen LogP contribution in [0.25, 0.3) is 10.2 Å². The Morgan fingerprint density at radius 3 is 3.09 bits per heavy atom. The van der Waals surface area contributed by atoms with Crippen molar-refractivity contribution in [2.75, 3.05) is 0 Å². The summed E-state index contributed by atoms with van der Waals surface area (Å²) in [4.78, 5) is 13.9. The second kappa shape index (κ2) is 2.10. The largest absolute Gasteiger partial charge is 0.543 e. The SMILES string of the molecule is O=C([O-])c1cc2ccsc2[nH]1. The molecule has 11 heavy (non-hydrogen) atoms. The summed E-state index contributed by atoms with van der Waals surface area (Å²) in [6.45, 7) is 0. The van der Waals surface area contributed by atoms with Crippen molar-refractivity contribution in [1.82, 2.24) is 4.98 Å². The first kappa shape index (κ1) is 6.42. The molecule has 0 atom stereocenters. The Balaban J connectivity index is 2.67. The number of nitrogens with one attached hydrogen (secondary N) is 1. The Labute approximate surface area is 66.3 Å². The number of fused-ring (bicyclic) bond motifs is 1. The lowest BCUT2D eigenvalue weighted by Gasteiger charge is -1.93. The van der Waals surface area contributed by atoms with Gasteiger partial charge in [0.15, 0.2) is 0 Å². The van der Waals surface area contributed by atoms with E-state index in [4.69, 9.17) is 0 Å². The summed E-state index contributed by atoms with van der Waals surface area (Å²) in [5.74, 6) is -1.16. The van der Waals surface area contributed by atoms with Crippen LogP contribution in [-0.2, 0) is 0 Å². The number of carboxylic acid groups (broad SMARTS) is 1. The van der Waals surface area contributed by atoms with Crippen molar-refractivity contribution in [1.29, 1.82) is 0 Å².